The highest BCUT2D eigenvalue weighted by Crippen LogP contribution is 2.36. The number of esters is 1. The molecular weight excluding hydrogens is 417 g/mol. The van der Waals surface area contributed by atoms with Crippen LogP contribution in [0.2, 0.25) is 0 Å². The molecule has 8 nitrogen and oxygen atoms in total. The van der Waals surface area contributed by atoms with Crippen LogP contribution in [0.1, 0.15) is 30.1 Å². The lowest BCUT2D eigenvalue weighted by molar-refractivity contribution is -0.167. The highest BCUT2D eigenvalue weighted by Gasteiger charge is 2.40. The van der Waals surface area contributed by atoms with E-state index in [2.05, 4.69) is 0 Å². The van der Waals surface area contributed by atoms with Gasteiger partial charge in [-0.25, -0.2) is 18.4 Å². The molecule has 12 heteroatoms. The molecule has 2 rings (SSSR count). The molecule has 1 saturated carbocycles. The number of nitrogens with two attached hydrogens (primary N) is 1. The van der Waals surface area contributed by atoms with Crippen LogP contribution in [0.25, 0.3) is 0 Å². The van der Waals surface area contributed by atoms with E-state index in [-0.39, 0.29) is 17.2 Å². The fourth-order valence-corrected chi connectivity index (χ4v) is 3.34. The van der Waals surface area contributed by atoms with Gasteiger partial charge in [0.15, 0.2) is 6.61 Å². The Hall–Kier alpha value is -2.34. The number of primary sulfonamides is 1. The van der Waals surface area contributed by atoms with Crippen molar-refractivity contribution in [1.29, 1.82) is 0 Å². The molecule has 1 aliphatic carbocycles. The summed E-state index contributed by atoms with van der Waals surface area (Å²) in [5.41, 5.74) is -0.329. The number of hydrogen-bond acceptors (Lipinski definition) is 6. The average Bonchev–Trinajstić information content (AvgIpc) is 3.46. The van der Waals surface area contributed by atoms with Gasteiger partial charge in [-0.05, 0) is 43.9 Å². The predicted octanol–water partition coefficient (Wildman–Crippen LogP) is 1.69. The zero-order valence-electron chi connectivity index (χ0n) is 15.7. The zero-order chi connectivity index (χ0) is 22.0. The largest absolute Gasteiger partial charge is 0.496 e. The Balaban J connectivity index is 2.14. The molecule has 1 atom stereocenters. The first-order chi connectivity index (χ1) is 13.3. The predicted molar refractivity (Wildman–Crippen MR) is 94.6 cm³/mol. The van der Waals surface area contributed by atoms with Gasteiger partial charge >= 0.3 is 12.1 Å². The lowest BCUT2D eigenvalue weighted by Crippen LogP contribution is -2.47. The summed E-state index contributed by atoms with van der Waals surface area (Å²) >= 11 is 0. The summed E-state index contributed by atoms with van der Waals surface area (Å²) < 4.78 is 71.2. The van der Waals surface area contributed by atoms with Crippen molar-refractivity contribution >= 4 is 21.9 Å². The summed E-state index contributed by atoms with van der Waals surface area (Å²) in [5, 5.41) is 5.02. The van der Waals surface area contributed by atoms with E-state index in [1.165, 1.54) is 20.1 Å². The molecule has 1 aromatic carbocycles. The summed E-state index contributed by atoms with van der Waals surface area (Å²) in [7, 11) is -2.91. The highest BCUT2D eigenvalue weighted by molar-refractivity contribution is 7.89. The van der Waals surface area contributed by atoms with Gasteiger partial charge in [0.2, 0.25) is 10.0 Å². The van der Waals surface area contributed by atoms with E-state index >= 15 is 0 Å². The van der Waals surface area contributed by atoms with Crippen LogP contribution < -0.4 is 9.88 Å². The van der Waals surface area contributed by atoms with Crippen LogP contribution in [0.15, 0.2) is 23.1 Å². The van der Waals surface area contributed by atoms with Crippen LogP contribution in [-0.4, -0.2) is 57.7 Å². The number of amides is 1. The van der Waals surface area contributed by atoms with E-state index in [4.69, 9.17) is 14.6 Å². The quantitative estimate of drug-likeness (QED) is 0.618. The van der Waals surface area contributed by atoms with Crippen molar-refractivity contribution in [2.45, 2.75) is 36.9 Å². The normalized spacial score (nSPS) is 15.5. The molecule has 0 aromatic heterocycles. The molecule has 29 heavy (non-hydrogen) atoms. The number of hydrogen-bond donors (Lipinski definition) is 1. The van der Waals surface area contributed by atoms with E-state index < -0.39 is 52.2 Å². The van der Waals surface area contributed by atoms with Gasteiger partial charge in [-0.1, -0.05) is 0 Å². The summed E-state index contributed by atoms with van der Waals surface area (Å²) in [4.78, 5) is 24.9. The number of halogens is 3. The van der Waals surface area contributed by atoms with E-state index in [0.717, 1.165) is 25.0 Å². The van der Waals surface area contributed by atoms with Crippen molar-refractivity contribution in [3.63, 3.8) is 0 Å². The minimum absolute atomic E-state index is 0.0245. The molecule has 0 bridgehead atoms. The standard InChI is InChI=1S/C17H21F3N2O6S/c1-10(11-3-4-11)22(9-17(18,19)20)15(23)8-28-16(24)13-7-12(29(21,25)26)5-6-14(13)27-2/h5-7,10-11H,3-4,8-9H2,1-2H3,(H2,21,25,26). The van der Waals surface area contributed by atoms with Gasteiger partial charge in [0, 0.05) is 6.04 Å². The van der Waals surface area contributed by atoms with Gasteiger partial charge in [-0.15, -0.1) is 0 Å². The molecule has 2 N–H and O–H groups in total. The van der Waals surface area contributed by atoms with E-state index in [9.17, 15) is 31.2 Å². The number of nitrogens with zero attached hydrogens (tertiary/aromatic N) is 1. The van der Waals surface area contributed by atoms with Crippen LogP contribution in [0.4, 0.5) is 13.2 Å². The zero-order valence-corrected chi connectivity index (χ0v) is 16.5. The topological polar surface area (TPSA) is 116 Å². The monoisotopic (exact) mass is 438 g/mol. The second-order valence-corrected chi connectivity index (χ2v) is 8.26. The first kappa shape index (κ1) is 22.9. The number of benzene rings is 1. The smallest absolute Gasteiger partial charge is 0.406 e. The van der Waals surface area contributed by atoms with Crippen LogP contribution in [-0.2, 0) is 19.6 Å². The molecule has 1 amide bonds. The van der Waals surface area contributed by atoms with E-state index in [1.807, 2.05) is 0 Å². The summed E-state index contributed by atoms with van der Waals surface area (Å²) in [6.07, 6.45) is -3.16. The molecule has 0 heterocycles. The molecule has 1 aliphatic rings. The van der Waals surface area contributed by atoms with Gasteiger partial charge in [0.05, 0.1) is 12.0 Å². The second-order valence-electron chi connectivity index (χ2n) is 6.70. The molecule has 0 saturated heterocycles. The van der Waals surface area contributed by atoms with Gasteiger partial charge in [-0.2, -0.15) is 13.2 Å². The Morgan fingerprint density at radius 3 is 2.41 bits per heavy atom. The number of ether oxygens (including phenoxy) is 2. The molecular formula is C17H21F3N2O6S. The summed E-state index contributed by atoms with van der Waals surface area (Å²) in [6, 6.07) is 2.53. The van der Waals surface area contributed by atoms with Crippen molar-refractivity contribution in [2.24, 2.45) is 11.1 Å². The van der Waals surface area contributed by atoms with Crippen LogP contribution >= 0.6 is 0 Å². The lowest BCUT2D eigenvalue weighted by atomic mass is 10.1. The van der Waals surface area contributed by atoms with Crippen molar-refractivity contribution in [2.75, 3.05) is 20.3 Å². The van der Waals surface area contributed by atoms with Crippen molar-refractivity contribution in [3.8, 4) is 5.75 Å². The number of carbonyl (C=O) groups excluding carboxylic acids is 2. The molecule has 1 unspecified atom stereocenters. The minimum atomic E-state index is -4.60. The number of carbonyl (C=O) groups is 2. The average molecular weight is 438 g/mol. The molecule has 1 aromatic rings. The molecule has 162 valence electrons. The fourth-order valence-electron chi connectivity index (χ4n) is 2.80. The lowest BCUT2D eigenvalue weighted by Gasteiger charge is -2.30. The van der Waals surface area contributed by atoms with Gasteiger partial charge < -0.3 is 14.4 Å². The number of rotatable bonds is 8. The van der Waals surface area contributed by atoms with Crippen LogP contribution in [0.3, 0.4) is 0 Å². The Bertz CT molecular complexity index is 884. The number of methoxy groups -OCH3 is 1. The second kappa shape index (κ2) is 8.57. The van der Waals surface area contributed by atoms with Gasteiger partial charge in [0.25, 0.3) is 5.91 Å². The van der Waals surface area contributed by atoms with Crippen LogP contribution in [0, 0.1) is 5.92 Å². The Labute approximate surface area is 165 Å². The summed E-state index contributed by atoms with van der Waals surface area (Å²) in [5.74, 6) is -2.21. The van der Waals surface area contributed by atoms with Crippen molar-refractivity contribution in [1.82, 2.24) is 4.90 Å². The summed E-state index contributed by atoms with van der Waals surface area (Å²) in [6.45, 7) is -0.873. The Morgan fingerprint density at radius 1 is 1.31 bits per heavy atom. The molecule has 0 spiro atoms. The maximum Gasteiger partial charge on any atom is 0.406 e. The van der Waals surface area contributed by atoms with Crippen LogP contribution in [0.5, 0.6) is 5.75 Å². The Morgan fingerprint density at radius 2 is 1.93 bits per heavy atom. The number of alkyl halides is 3. The minimum Gasteiger partial charge on any atom is -0.496 e. The SMILES string of the molecule is COc1ccc(S(N)(=O)=O)cc1C(=O)OCC(=O)N(CC(F)(F)F)C(C)C1CC1. The Kier molecular flexibility index (Phi) is 6.78. The third kappa shape index (κ3) is 6.32. The van der Waals surface area contributed by atoms with Crippen molar-refractivity contribution < 1.29 is 40.7 Å². The van der Waals surface area contributed by atoms with Crippen molar-refractivity contribution in [3.05, 3.63) is 23.8 Å². The fraction of sp³-hybridized carbons (Fsp3) is 0.529. The first-order valence-electron chi connectivity index (χ1n) is 8.57. The first-order valence-corrected chi connectivity index (χ1v) is 10.1. The van der Waals surface area contributed by atoms with Gasteiger partial charge in [-0.3, -0.25) is 4.79 Å². The number of sulfonamides is 1. The molecule has 1 fully saturated rings. The maximum absolute atomic E-state index is 12.8. The van der Waals surface area contributed by atoms with Gasteiger partial charge in [0.1, 0.15) is 17.9 Å². The third-order valence-corrected chi connectivity index (χ3v) is 5.42. The third-order valence-electron chi connectivity index (χ3n) is 4.51. The molecule has 0 radical (unpaired) electrons. The van der Waals surface area contributed by atoms with E-state index in [1.54, 1.807) is 0 Å². The molecule has 0 aliphatic heterocycles. The highest BCUT2D eigenvalue weighted by atomic mass is 32.2. The maximum atomic E-state index is 12.8. The van der Waals surface area contributed by atoms with E-state index in [0.29, 0.717) is 4.90 Å².